The average Bonchev–Trinajstić information content (AvgIpc) is 2.11. The molecule has 4 nitrogen and oxygen atoms in total. The molecule has 0 radical (unpaired) electrons. The van der Waals surface area contributed by atoms with Crippen LogP contribution in [-0.2, 0) is 4.81 Å². The van der Waals surface area contributed by atoms with Crippen molar-refractivity contribution in [2.45, 2.75) is 0 Å². The Bertz CT molecular complexity index is 278. The molecule has 70 valence electrons. The summed E-state index contributed by atoms with van der Waals surface area (Å²) in [5.41, 5.74) is 0. The van der Waals surface area contributed by atoms with E-state index < -0.39 is 13.1 Å². The molecule has 0 aliphatic rings. The van der Waals surface area contributed by atoms with Crippen molar-refractivity contribution in [2.24, 2.45) is 0 Å². The van der Waals surface area contributed by atoms with Gasteiger partial charge in [-0.25, -0.2) is 9.20 Å². The van der Waals surface area contributed by atoms with Crippen molar-refractivity contribution in [3.63, 3.8) is 0 Å². The molecule has 1 aromatic carbocycles. The maximum Gasteiger partial charge on any atom is 0.739 e. The van der Waals surface area contributed by atoms with Crippen molar-refractivity contribution in [1.82, 2.24) is 0 Å². The molecule has 7 heteroatoms. The molecule has 0 spiro atoms. The Morgan fingerprint density at radius 3 is 2.69 bits per heavy atom. The number of halogens is 2. The largest absolute Gasteiger partial charge is 0.739 e. The first-order valence-electron chi connectivity index (χ1n) is 3.24. The third-order valence-electron chi connectivity index (χ3n) is 1.23. The molecular formula is C6H5BClFO4. The smallest absolute Gasteiger partial charge is 0.507 e. The summed E-state index contributed by atoms with van der Waals surface area (Å²) in [6, 6.07) is 3.83. The van der Waals surface area contributed by atoms with Gasteiger partial charge in [0.25, 0.3) is 0 Å². The average molecular weight is 206 g/mol. The van der Waals surface area contributed by atoms with Crippen LogP contribution in [0, 0.1) is 5.82 Å². The van der Waals surface area contributed by atoms with Crippen LogP contribution in [0.1, 0.15) is 0 Å². The van der Waals surface area contributed by atoms with Crippen molar-refractivity contribution in [2.75, 3.05) is 0 Å². The zero-order chi connectivity index (χ0) is 9.84. The summed E-state index contributed by atoms with van der Waals surface area (Å²) in [5, 5.41) is 16.5. The van der Waals surface area contributed by atoms with E-state index in [2.05, 4.69) is 9.46 Å². The standard InChI is InChI=1S/C6H5BClFO4/c8-4-2-1-3-5(9)6(4)12-7(10)13-11/h1-3,10-11H. The molecule has 0 aliphatic carbocycles. The minimum absolute atomic E-state index is 0.0314. The van der Waals surface area contributed by atoms with E-state index in [1.54, 1.807) is 0 Å². The summed E-state index contributed by atoms with van der Waals surface area (Å²) < 4.78 is 17.3. The van der Waals surface area contributed by atoms with E-state index in [0.717, 1.165) is 6.07 Å². The van der Waals surface area contributed by atoms with Crippen LogP contribution in [0.5, 0.6) is 5.75 Å². The lowest BCUT2D eigenvalue weighted by Gasteiger charge is -2.08. The van der Waals surface area contributed by atoms with Crippen LogP contribution >= 0.6 is 11.6 Å². The number of rotatable bonds is 3. The Morgan fingerprint density at radius 1 is 1.46 bits per heavy atom. The lowest BCUT2D eigenvalue weighted by molar-refractivity contribution is -0.171. The highest BCUT2D eigenvalue weighted by Gasteiger charge is 2.21. The molecule has 2 N–H and O–H groups in total. The van der Waals surface area contributed by atoms with Crippen LogP contribution in [0.2, 0.25) is 5.02 Å². The predicted molar refractivity (Wildman–Crippen MR) is 43.7 cm³/mol. The Balaban J connectivity index is 2.87. The monoisotopic (exact) mass is 206 g/mol. The molecule has 0 aliphatic heterocycles. The summed E-state index contributed by atoms with van der Waals surface area (Å²) in [7, 11) is -1.96. The van der Waals surface area contributed by atoms with Crippen molar-refractivity contribution in [3.8, 4) is 5.75 Å². The predicted octanol–water partition coefficient (Wildman–Crippen LogP) is 1.32. The van der Waals surface area contributed by atoms with E-state index in [1.165, 1.54) is 12.1 Å². The van der Waals surface area contributed by atoms with Gasteiger partial charge in [-0.05, 0) is 12.1 Å². The fourth-order valence-corrected chi connectivity index (χ4v) is 0.925. The molecule has 0 atom stereocenters. The fraction of sp³-hybridized carbons (Fsp3) is 0. The van der Waals surface area contributed by atoms with Crippen LogP contribution < -0.4 is 4.65 Å². The zero-order valence-electron chi connectivity index (χ0n) is 6.28. The normalized spacial score (nSPS) is 9.85. The van der Waals surface area contributed by atoms with Crippen molar-refractivity contribution >= 4 is 18.9 Å². The van der Waals surface area contributed by atoms with Gasteiger partial charge in [0.1, 0.15) is 0 Å². The minimum Gasteiger partial charge on any atom is -0.507 e. The molecular weight excluding hydrogens is 201 g/mol. The summed E-state index contributed by atoms with van der Waals surface area (Å²) >= 11 is 5.52. The Labute approximate surface area is 78.6 Å². The summed E-state index contributed by atoms with van der Waals surface area (Å²) in [4.78, 5) is 3.37. The molecule has 1 rings (SSSR count). The second-order valence-corrected chi connectivity index (χ2v) is 2.49. The van der Waals surface area contributed by atoms with Crippen LogP contribution in [0.25, 0.3) is 0 Å². The second kappa shape index (κ2) is 4.43. The van der Waals surface area contributed by atoms with E-state index >= 15 is 0 Å². The van der Waals surface area contributed by atoms with E-state index in [1.807, 2.05) is 0 Å². The highest BCUT2D eigenvalue weighted by molar-refractivity contribution is 6.37. The van der Waals surface area contributed by atoms with Crippen molar-refractivity contribution in [3.05, 3.63) is 29.0 Å². The first kappa shape index (κ1) is 10.3. The van der Waals surface area contributed by atoms with Gasteiger partial charge in [0.15, 0.2) is 11.6 Å². The molecule has 0 bridgehead atoms. The van der Waals surface area contributed by atoms with E-state index in [9.17, 15) is 4.39 Å². The van der Waals surface area contributed by atoms with Crippen molar-refractivity contribution < 1.29 is 24.1 Å². The van der Waals surface area contributed by atoms with Gasteiger partial charge in [0.2, 0.25) is 0 Å². The van der Waals surface area contributed by atoms with Crippen LogP contribution in [0.3, 0.4) is 0 Å². The maximum absolute atomic E-state index is 12.9. The first-order valence-corrected chi connectivity index (χ1v) is 3.62. The maximum atomic E-state index is 12.9. The Morgan fingerprint density at radius 2 is 2.15 bits per heavy atom. The molecule has 0 fully saturated rings. The zero-order valence-corrected chi connectivity index (χ0v) is 7.03. The third-order valence-corrected chi connectivity index (χ3v) is 1.53. The van der Waals surface area contributed by atoms with Gasteiger partial charge < -0.3 is 9.68 Å². The van der Waals surface area contributed by atoms with E-state index in [-0.39, 0.29) is 10.8 Å². The number of benzene rings is 1. The summed E-state index contributed by atoms with van der Waals surface area (Å²) in [6.07, 6.45) is 0. The molecule has 13 heavy (non-hydrogen) atoms. The summed E-state index contributed by atoms with van der Waals surface area (Å²) in [6.45, 7) is 0. The SMILES string of the molecule is OOB(O)Oc1c(F)cccc1Cl. The van der Waals surface area contributed by atoms with Crippen LogP contribution in [0.4, 0.5) is 4.39 Å². The third kappa shape index (κ3) is 2.56. The van der Waals surface area contributed by atoms with Gasteiger partial charge in [0, 0.05) is 0 Å². The van der Waals surface area contributed by atoms with Crippen molar-refractivity contribution in [1.29, 1.82) is 0 Å². The number of hydrogen-bond donors (Lipinski definition) is 2. The Kier molecular flexibility index (Phi) is 3.50. The summed E-state index contributed by atoms with van der Waals surface area (Å²) in [5.74, 6) is -1.14. The molecule has 0 amide bonds. The lowest BCUT2D eigenvalue weighted by Crippen LogP contribution is -2.25. The quantitative estimate of drug-likeness (QED) is 0.445. The molecule has 0 heterocycles. The van der Waals surface area contributed by atoms with E-state index in [0.29, 0.717) is 0 Å². The van der Waals surface area contributed by atoms with Gasteiger partial charge in [-0.15, -0.1) is 0 Å². The van der Waals surface area contributed by atoms with E-state index in [4.69, 9.17) is 21.9 Å². The first-order chi connectivity index (χ1) is 6.15. The van der Waals surface area contributed by atoms with Gasteiger partial charge in [-0.1, -0.05) is 17.7 Å². The molecule has 0 saturated heterocycles. The topological polar surface area (TPSA) is 58.9 Å². The van der Waals surface area contributed by atoms with Crippen LogP contribution in [0.15, 0.2) is 18.2 Å². The number of hydrogen-bond acceptors (Lipinski definition) is 4. The highest BCUT2D eigenvalue weighted by atomic mass is 35.5. The molecule has 0 saturated carbocycles. The lowest BCUT2D eigenvalue weighted by atomic mass is 10.2. The molecule has 1 aromatic rings. The highest BCUT2D eigenvalue weighted by Crippen LogP contribution is 2.27. The molecule has 0 unspecified atom stereocenters. The number of para-hydroxylation sites is 1. The Hall–Kier alpha value is -0.815. The fourth-order valence-electron chi connectivity index (χ4n) is 0.717. The van der Waals surface area contributed by atoms with Gasteiger partial charge >= 0.3 is 7.32 Å². The second-order valence-electron chi connectivity index (χ2n) is 2.08. The van der Waals surface area contributed by atoms with Gasteiger partial charge in [-0.2, -0.15) is 0 Å². The van der Waals surface area contributed by atoms with Gasteiger partial charge in [-0.3, -0.25) is 5.26 Å². The molecule has 0 aromatic heterocycles. The minimum atomic E-state index is -1.96. The van der Waals surface area contributed by atoms with Crippen LogP contribution in [-0.4, -0.2) is 17.6 Å². The van der Waals surface area contributed by atoms with Gasteiger partial charge in [0.05, 0.1) is 5.02 Å².